The number of unbranched alkanes of at least 4 members (excludes halogenated alkanes) is 20. The molecular weight excluding hydrogens is 1450 g/mol. The van der Waals surface area contributed by atoms with Crippen molar-refractivity contribution in [2.75, 3.05) is 39.6 Å². The van der Waals surface area contributed by atoms with Gasteiger partial charge in [0.15, 0.2) is 12.2 Å². The highest BCUT2D eigenvalue weighted by Gasteiger charge is 2.30. The van der Waals surface area contributed by atoms with Gasteiger partial charge in [0.1, 0.15) is 19.3 Å². The lowest BCUT2D eigenvalue weighted by atomic mass is 10.1. The van der Waals surface area contributed by atoms with Crippen LogP contribution in [0.15, 0.2) is 194 Å². The molecular formula is C93H150O17P2. The number of hydrogen-bond acceptors (Lipinski definition) is 15. The van der Waals surface area contributed by atoms with Crippen molar-refractivity contribution in [3.63, 3.8) is 0 Å². The summed E-state index contributed by atoms with van der Waals surface area (Å²) in [6.45, 7) is 4.48. The van der Waals surface area contributed by atoms with E-state index in [0.717, 1.165) is 141 Å². The van der Waals surface area contributed by atoms with Crippen molar-refractivity contribution < 1.29 is 80.2 Å². The third-order valence-corrected chi connectivity index (χ3v) is 18.9. The largest absolute Gasteiger partial charge is 0.472 e. The number of phosphoric ester groups is 2. The predicted molar refractivity (Wildman–Crippen MR) is 463 cm³/mol. The first-order valence-electron chi connectivity index (χ1n) is 42.7. The second-order valence-electron chi connectivity index (χ2n) is 27.7. The summed E-state index contributed by atoms with van der Waals surface area (Å²) in [6.07, 6.45) is 103. The minimum atomic E-state index is -5.03. The number of allylic oxidation sites excluding steroid dienone is 32. The lowest BCUT2D eigenvalue weighted by Crippen LogP contribution is -2.30. The van der Waals surface area contributed by atoms with Gasteiger partial charge in [0.25, 0.3) is 0 Å². The maximum absolute atomic E-state index is 13.1. The van der Waals surface area contributed by atoms with E-state index in [0.29, 0.717) is 38.5 Å². The first kappa shape index (κ1) is 106. The SMILES string of the molecule is CC/C=C\C/C=C\C/C=C\C/C=C\C/C=C\CCCCCC(=O)OC[C@H](COP(=O)(O)OC[C@@H](O)COP(=O)(O)OC[C@@H](COC(=O)CC/C=C\C/C=C\C/C=C\C/C=C\C/C=C\CCCCC)OC(=O)CCCCCCC/C=C\CCCCCCCC)OC(=O)CC/C=C\C/C=C\C/C=C\C/C=C\C/C=C\CCCCC. The van der Waals surface area contributed by atoms with E-state index in [2.05, 4.69) is 186 Å². The molecule has 0 aliphatic heterocycles. The van der Waals surface area contributed by atoms with Gasteiger partial charge in [-0.15, -0.1) is 0 Å². The molecule has 0 amide bonds. The van der Waals surface area contributed by atoms with Crippen LogP contribution in [0.2, 0.25) is 0 Å². The molecule has 634 valence electrons. The van der Waals surface area contributed by atoms with Crippen molar-refractivity contribution in [1.29, 1.82) is 0 Å². The van der Waals surface area contributed by atoms with Crippen molar-refractivity contribution in [2.24, 2.45) is 0 Å². The van der Waals surface area contributed by atoms with Crippen molar-refractivity contribution >= 4 is 39.5 Å². The summed E-state index contributed by atoms with van der Waals surface area (Å²) in [5, 5.41) is 10.7. The van der Waals surface area contributed by atoms with E-state index in [1.54, 1.807) is 0 Å². The molecule has 0 aliphatic rings. The van der Waals surface area contributed by atoms with Crippen LogP contribution >= 0.6 is 15.6 Å². The molecule has 17 nitrogen and oxygen atoms in total. The van der Waals surface area contributed by atoms with Gasteiger partial charge >= 0.3 is 39.5 Å². The Hall–Kier alpha value is -6.10. The number of hydrogen-bond donors (Lipinski definition) is 3. The minimum Gasteiger partial charge on any atom is -0.462 e. The second kappa shape index (κ2) is 82.9. The molecule has 0 aliphatic carbocycles. The maximum Gasteiger partial charge on any atom is 0.472 e. The Balaban J connectivity index is 5.57. The minimum absolute atomic E-state index is 0.0279. The van der Waals surface area contributed by atoms with E-state index >= 15 is 0 Å². The third kappa shape index (κ3) is 81.9. The monoisotopic (exact) mass is 1600 g/mol. The van der Waals surface area contributed by atoms with Crippen molar-refractivity contribution in [1.82, 2.24) is 0 Å². The van der Waals surface area contributed by atoms with Crippen LogP contribution in [-0.2, 0) is 65.4 Å². The summed E-state index contributed by atoms with van der Waals surface area (Å²) < 4.78 is 68.6. The number of rotatable bonds is 78. The first-order valence-corrected chi connectivity index (χ1v) is 45.7. The van der Waals surface area contributed by atoms with Crippen LogP contribution in [0.3, 0.4) is 0 Å². The van der Waals surface area contributed by atoms with E-state index in [1.807, 2.05) is 36.5 Å². The Morgan fingerprint density at radius 1 is 0.259 bits per heavy atom. The number of carbonyl (C=O) groups is 4. The zero-order valence-corrected chi connectivity index (χ0v) is 71.3. The predicted octanol–water partition coefficient (Wildman–Crippen LogP) is 25.7. The average Bonchev–Trinajstić information content (AvgIpc) is 0.898. The lowest BCUT2D eigenvalue weighted by molar-refractivity contribution is -0.161. The summed E-state index contributed by atoms with van der Waals surface area (Å²) in [5.74, 6) is -2.43. The quantitative estimate of drug-likeness (QED) is 0.0169. The third-order valence-electron chi connectivity index (χ3n) is 17.0. The van der Waals surface area contributed by atoms with Crippen molar-refractivity contribution in [2.45, 2.75) is 329 Å². The summed E-state index contributed by atoms with van der Waals surface area (Å²) in [6, 6.07) is 0. The van der Waals surface area contributed by atoms with Gasteiger partial charge in [-0.3, -0.25) is 37.3 Å². The molecule has 0 aromatic rings. The van der Waals surface area contributed by atoms with Crippen LogP contribution in [0.5, 0.6) is 0 Å². The second-order valence-corrected chi connectivity index (χ2v) is 30.6. The Bertz CT molecular complexity index is 2890. The molecule has 0 fully saturated rings. The first-order chi connectivity index (χ1) is 54.7. The van der Waals surface area contributed by atoms with Crippen molar-refractivity contribution in [3.05, 3.63) is 194 Å². The standard InChI is InChI=1S/C93H150O17P2/c1-5-9-13-17-21-25-29-33-37-40-43-46-50-53-57-61-65-69-73-77-90(95)103-83-88(109-92(97)79-75-71-67-63-59-55-49-36-32-28-24-20-16-12-8-4)85-107-111(99,100)105-81-87(94)82-106-112(101,102)108-86-89(110-93(98)80-76-72-68-64-60-56-52-48-45-42-39-35-31-27-23-19-15-11-7-3)84-104-91(96)78-74-70-66-62-58-54-51-47-44-41-38-34-30-26-22-18-14-10-6-2/h10,14,21-23,25-27,33-39,43-49,53-54,56-58,60,65,68-69,72,87-89,94H,5-9,11-13,15-20,24,28-32,40-42,50-52,55,59,61-64,66-67,70-71,73-86H2,1-4H3,(H,99,100)(H,101,102)/b14-10-,25-21-,26-22-,27-23-,37-33-,38-34-,39-35-,46-43-,47-44-,48-45-,49-36-,57-53-,58-54-,60-56-,69-65-,72-68-/t87-,88+,89+/m0/s1. The van der Waals surface area contributed by atoms with E-state index in [1.165, 1.54) is 77.0 Å². The molecule has 0 radical (unpaired) electrons. The van der Waals surface area contributed by atoms with E-state index in [-0.39, 0.29) is 25.7 Å². The molecule has 19 heteroatoms. The van der Waals surface area contributed by atoms with Gasteiger partial charge in [-0.05, 0) is 173 Å². The fraction of sp³-hybridized carbons (Fsp3) is 0.613. The Labute approximate surface area is 678 Å². The molecule has 0 aromatic heterocycles. The topological polar surface area (TPSA) is 237 Å². The highest BCUT2D eigenvalue weighted by molar-refractivity contribution is 7.47. The molecule has 0 aromatic carbocycles. The molecule has 112 heavy (non-hydrogen) atoms. The van der Waals surface area contributed by atoms with Gasteiger partial charge < -0.3 is 33.8 Å². The Morgan fingerprint density at radius 3 is 0.821 bits per heavy atom. The zero-order chi connectivity index (χ0) is 81.7. The normalized spacial score (nSPS) is 14.7. The van der Waals surface area contributed by atoms with Crippen LogP contribution in [0, 0.1) is 0 Å². The van der Waals surface area contributed by atoms with Crippen LogP contribution in [-0.4, -0.2) is 96.7 Å². The zero-order valence-electron chi connectivity index (χ0n) is 69.5. The number of aliphatic hydroxyl groups is 1. The van der Waals surface area contributed by atoms with Crippen LogP contribution in [0.1, 0.15) is 310 Å². The lowest BCUT2D eigenvalue weighted by Gasteiger charge is -2.21. The number of aliphatic hydroxyl groups excluding tert-OH is 1. The summed E-state index contributed by atoms with van der Waals surface area (Å²) in [5.41, 5.74) is 0. The van der Waals surface area contributed by atoms with Crippen LogP contribution in [0.25, 0.3) is 0 Å². The smallest absolute Gasteiger partial charge is 0.462 e. The fourth-order valence-electron chi connectivity index (χ4n) is 10.6. The molecule has 0 rings (SSSR count). The van der Waals surface area contributed by atoms with Gasteiger partial charge in [-0.2, -0.15) is 0 Å². The number of ether oxygens (including phenoxy) is 4. The van der Waals surface area contributed by atoms with E-state index in [4.69, 9.17) is 37.0 Å². The van der Waals surface area contributed by atoms with E-state index < -0.39 is 97.5 Å². The Morgan fingerprint density at radius 2 is 0.482 bits per heavy atom. The van der Waals surface area contributed by atoms with Crippen molar-refractivity contribution in [3.8, 4) is 0 Å². The maximum atomic E-state index is 13.1. The Kier molecular flexibility index (Phi) is 78.4. The molecule has 0 heterocycles. The number of phosphoric acid groups is 2. The number of esters is 4. The molecule has 0 bridgehead atoms. The van der Waals surface area contributed by atoms with Crippen LogP contribution < -0.4 is 0 Å². The molecule has 0 saturated carbocycles. The van der Waals surface area contributed by atoms with Gasteiger partial charge in [0.2, 0.25) is 0 Å². The van der Waals surface area contributed by atoms with Gasteiger partial charge in [-0.25, -0.2) is 9.13 Å². The molecule has 5 atom stereocenters. The highest BCUT2D eigenvalue weighted by Crippen LogP contribution is 2.45. The summed E-state index contributed by atoms with van der Waals surface area (Å²) >= 11 is 0. The fourth-order valence-corrected chi connectivity index (χ4v) is 12.1. The summed E-state index contributed by atoms with van der Waals surface area (Å²) in [7, 11) is -10.0. The van der Waals surface area contributed by atoms with Gasteiger partial charge in [-0.1, -0.05) is 306 Å². The molecule has 3 N–H and O–H groups in total. The summed E-state index contributed by atoms with van der Waals surface area (Å²) in [4.78, 5) is 73.2. The van der Waals surface area contributed by atoms with Gasteiger partial charge in [0.05, 0.1) is 26.4 Å². The van der Waals surface area contributed by atoms with E-state index in [9.17, 15) is 43.2 Å². The average molecular weight is 1600 g/mol. The number of carbonyl (C=O) groups excluding carboxylic acids is 4. The molecule has 0 spiro atoms. The van der Waals surface area contributed by atoms with Crippen LogP contribution in [0.4, 0.5) is 0 Å². The highest BCUT2D eigenvalue weighted by atomic mass is 31.2. The molecule has 0 saturated heterocycles. The molecule has 2 unspecified atom stereocenters. The van der Waals surface area contributed by atoms with Gasteiger partial charge in [0, 0.05) is 25.7 Å².